The zero-order valence-electron chi connectivity index (χ0n) is 9.59. The van der Waals surface area contributed by atoms with Crippen molar-refractivity contribution in [3.8, 4) is 5.75 Å². The topological polar surface area (TPSA) is 48.1 Å². The van der Waals surface area contributed by atoms with E-state index in [9.17, 15) is 0 Å². The number of nitrogen functional groups attached to an aromatic ring is 1. The number of anilines is 1. The number of nitrogens with two attached hydrogens (primary N) is 1. The van der Waals surface area contributed by atoms with E-state index in [2.05, 4.69) is 4.98 Å². The molecule has 0 saturated heterocycles. The Morgan fingerprint density at radius 2 is 2.00 bits per heavy atom. The van der Waals surface area contributed by atoms with Gasteiger partial charge in [-0.25, -0.2) is 4.98 Å². The minimum Gasteiger partial charge on any atom is -0.497 e. The van der Waals surface area contributed by atoms with Gasteiger partial charge in [0.2, 0.25) is 0 Å². The molecule has 3 nitrogen and oxygen atoms in total. The minimum absolute atomic E-state index is 0.605. The predicted octanol–water partition coefficient (Wildman–Crippen LogP) is 2.96. The molecule has 0 spiro atoms. The van der Waals surface area contributed by atoms with Crippen LogP contribution >= 0.6 is 11.8 Å². The van der Waals surface area contributed by atoms with Gasteiger partial charge in [0.1, 0.15) is 11.6 Å². The molecule has 1 heterocycles. The van der Waals surface area contributed by atoms with Crippen molar-refractivity contribution in [3.05, 3.63) is 48.2 Å². The summed E-state index contributed by atoms with van der Waals surface area (Å²) in [4.78, 5) is 5.25. The number of benzene rings is 1. The molecule has 0 unspecified atom stereocenters. The highest BCUT2D eigenvalue weighted by Crippen LogP contribution is 2.26. The fraction of sp³-hybridized carbons (Fsp3) is 0.154. The standard InChI is InChI=1S/C13H14N2OS/c1-16-11-4-6-12(7-5-11)17-9-10-3-2-8-15-13(10)14/h2-8H,9H2,1H3,(H2,14,15). The number of aromatic nitrogens is 1. The largest absolute Gasteiger partial charge is 0.497 e. The second-order valence-electron chi connectivity index (χ2n) is 3.51. The van der Waals surface area contributed by atoms with Gasteiger partial charge in [0.25, 0.3) is 0 Å². The van der Waals surface area contributed by atoms with Gasteiger partial charge in [0.15, 0.2) is 0 Å². The van der Waals surface area contributed by atoms with Gasteiger partial charge in [-0.1, -0.05) is 6.07 Å². The van der Waals surface area contributed by atoms with Crippen molar-refractivity contribution in [3.63, 3.8) is 0 Å². The van der Waals surface area contributed by atoms with Gasteiger partial charge >= 0.3 is 0 Å². The van der Waals surface area contributed by atoms with Crippen molar-refractivity contribution in [2.45, 2.75) is 10.6 Å². The molecule has 0 fully saturated rings. The summed E-state index contributed by atoms with van der Waals surface area (Å²) >= 11 is 1.73. The quantitative estimate of drug-likeness (QED) is 0.843. The van der Waals surface area contributed by atoms with Crippen molar-refractivity contribution < 1.29 is 4.74 Å². The van der Waals surface area contributed by atoms with E-state index in [1.807, 2.05) is 36.4 Å². The molecule has 2 N–H and O–H groups in total. The predicted molar refractivity (Wildman–Crippen MR) is 71.2 cm³/mol. The molecule has 0 aliphatic heterocycles. The Balaban J connectivity index is 2.00. The summed E-state index contributed by atoms with van der Waals surface area (Å²) in [5, 5.41) is 0. The maximum atomic E-state index is 5.79. The zero-order valence-corrected chi connectivity index (χ0v) is 10.4. The highest BCUT2D eigenvalue weighted by molar-refractivity contribution is 7.98. The van der Waals surface area contributed by atoms with E-state index in [4.69, 9.17) is 10.5 Å². The third-order valence-electron chi connectivity index (χ3n) is 2.38. The fourth-order valence-corrected chi connectivity index (χ4v) is 2.30. The number of hydrogen-bond donors (Lipinski definition) is 1. The molecule has 1 aromatic carbocycles. The Hall–Kier alpha value is -1.68. The average Bonchev–Trinajstić information content (AvgIpc) is 2.38. The zero-order chi connectivity index (χ0) is 12.1. The number of ether oxygens (including phenoxy) is 1. The molecule has 0 atom stereocenters. The Morgan fingerprint density at radius 3 is 2.65 bits per heavy atom. The summed E-state index contributed by atoms with van der Waals surface area (Å²) in [7, 11) is 1.67. The fourth-order valence-electron chi connectivity index (χ4n) is 1.41. The average molecular weight is 246 g/mol. The van der Waals surface area contributed by atoms with Gasteiger partial charge in [-0.15, -0.1) is 11.8 Å². The molecule has 0 bridgehead atoms. The highest BCUT2D eigenvalue weighted by atomic mass is 32.2. The van der Waals surface area contributed by atoms with E-state index in [0.29, 0.717) is 5.82 Å². The second-order valence-corrected chi connectivity index (χ2v) is 4.56. The van der Waals surface area contributed by atoms with Gasteiger partial charge in [0.05, 0.1) is 7.11 Å². The van der Waals surface area contributed by atoms with E-state index in [0.717, 1.165) is 17.1 Å². The summed E-state index contributed by atoms with van der Waals surface area (Å²) in [5.41, 5.74) is 6.85. The van der Waals surface area contributed by atoms with Crippen LogP contribution in [-0.4, -0.2) is 12.1 Å². The molecule has 1 aromatic heterocycles. The van der Waals surface area contributed by atoms with Crippen molar-refractivity contribution in [1.82, 2.24) is 4.98 Å². The number of methoxy groups -OCH3 is 1. The Morgan fingerprint density at radius 1 is 1.24 bits per heavy atom. The van der Waals surface area contributed by atoms with Crippen molar-refractivity contribution in [2.75, 3.05) is 12.8 Å². The van der Waals surface area contributed by atoms with E-state index < -0.39 is 0 Å². The minimum atomic E-state index is 0.605. The van der Waals surface area contributed by atoms with Gasteiger partial charge in [-0.3, -0.25) is 0 Å². The number of pyridine rings is 1. The Kier molecular flexibility index (Phi) is 3.88. The smallest absolute Gasteiger partial charge is 0.127 e. The molecule has 2 aromatic rings. The Bertz CT molecular complexity index is 485. The number of rotatable bonds is 4. The third-order valence-corrected chi connectivity index (χ3v) is 3.44. The first kappa shape index (κ1) is 11.8. The van der Waals surface area contributed by atoms with Crippen LogP contribution < -0.4 is 10.5 Å². The Labute approximate surface area is 105 Å². The molecular weight excluding hydrogens is 232 g/mol. The van der Waals surface area contributed by atoms with Crippen LogP contribution in [0.4, 0.5) is 5.82 Å². The van der Waals surface area contributed by atoms with Crippen LogP contribution in [0.1, 0.15) is 5.56 Å². The lowest BCUT2D eigenvalue weighted by Gasteiger charge is -2.05. The van der Waals surface area contributed by atoms with Crippen LogP contribution in [0.3, 0.4) is 0 Å². The third kappa shape index (κ3) is 3.14. The molecule has 0 aliphatic carbocycles. The molecule has 2 rings (SSSR count). The first-order chi connectivity index (χ1) is 8.29. The lowest BCUT2D eigenvalue weighted by Crippen LogP contribution is -1.95. The molecule has 88 valence electrons. The van der Waals surface area contributed by atoms with Crippen LogP contribution in [0.25, 0.3) is 0 Å². The summed E-state index contributed by atoms with van der Waals surface area (Å²) in [6, 6.07) is 11.9. The van der Waals surface area contributed by atoms with Crippen molar-refractivity contribution in [1.29, 1.82) is 0 Å². The second kappa shape index (κ2) is 5.59. The van der Waals surface area contributed by atoms with Gasteiger partial charge < -0.3 is 10.5 Å². The normalized spacial score (nSPS) is 10.2. The maximum absolute atomic E-state index is 5.79. The van der Waals surface area contributed by atoms with E-state index in [1.54, 1.807) is 25.1 Å². The lowest BCUT2D eigenvalue weighted by atomic mass is 10.3. The molecular formula is C13H14N2OS. The molecule has 4 heteroatoms. The monoisotopic (exact) mass is 246 g/mol. The van der Waals surface area contributed by atoms with Gasteiger partial charge in [0, 0.05) is 22.4 Å². The van der Waals surface area contributed by atoms with Gasteiger partial charge in [-0.05, 0) is 30.3 Å². The van der Waals surface area contributed by atoms with Gasteiger partial charge in [-0.2, -0.15) is 0 Å². The van der Waals surface area contributed by atoms with E-state index in [1.165, 1.54) is 4.90 Å². The summed E-state index contributed by atoms with van der Waals surface area (Å²) < 4.78 is 5.11. The van der Waals surface area contributed by atoms with E-state index in [-0.39, 0.29) is 0 Å². The van der Waals surface area contributed by atoms with Crippen LogP contribution in [-0.2, 0) is 5.75 Å². The number of hydrogen-bond acceptors (Lipinski definition) is 4. The van der Waals surface area contributed by atoms with Crippen LogP contribution in [0.2, 0.25) is 0 Å². The number of nitrogens with zero attached hydrogens (tertiary/aromatic N) is 1. The molecule has 0 radical (unpaired) electrons. The van der Waals surface area contributed by atoms with Crippen LogP contribution in [0.5, 0.6) is 5.75 Å². The van der Waals surface area contributed by atoms with E-state index >= 15 is 0 Å². The maximum Gasteiger partial charge on any atom is 0.127 e. The first-order valence-corrected chi connectivity index (χ1v) is 6.24. The summed E-state index contributed by atoms with van der Waals surface area (Å²) in [5.74, 6) is 2.30. The highest BCUT2D eigenvalue weighted by Gasteiger charge is 2.01. The SMILES string of the molecule is COc1ccc(SCc2cccnc2N)cc1. The number of thioether (sulfide) groups is 1. The van der Waals surface area contributed by atoms with Crippen molar-refractivity contribution in [2.24, 2.45) is 0 Å². The lowest BCUT2D eigenvalue weighted by molar-refractivity contribution is 0.414. The van der Waals surface area contributed by atoms with Crippen LogP contribution in [0, 0.1) is 0 Å². The molecule has 0 saturated carbocycles. The molecule has 17 heavy (non-hydrogen) atoms. The summed E-state index contributed by atoms with van der Waals surface area (Å²) in [6.07, 6.45) is 1.71. The van der Waals surface area contributed by atoms with Crippen molar-refractivity contribution >= 4 is 17.6 Å². The molecule has 0 amide bonds. The van der Waals surface area contributed by atoms with Crippen LogP contribution in [0.15, 0.2) is 47.5 Å². The first-order valence-electron chi connectivity index (χ1n) is 5.26. The molecule has 0 aliphatic rings. The summed E-state index contributed by atoms with van der Waals surface area (Å²) in [6.45, 7) is 0.